The lowest BCUT2D eigenvalue weighted by atomic mass is 9.92. The molecule has 2 heterocycles. The number of carbonyl (C=O) groups excluding carboxylic acids is 1. The Morgan fingerprint density at radius 1 is 1.48 bits per heavy atom. The van der Waals surface area contributed by atoms with Gasteiger partial charge in [0.1, 0.15) is 5.02 Å². The zero-order valence-corrected chi connectivity index (χ0v) is 13.0. The Morgan fingerprint density at radius 2 is 2.30 bits per heavy atom. The molecule has 7 nitrogen and oxygen atoms in total. The van der Waals surface area contributed by atoms with E-state index in [1.807, 2.05) is 6.20 Å². The number of rotatable bonds is 3. The minimum absolute atomic E-state index is 0.0238. The van der Waals surface area contributed by atoms with Gasteiger partial charge in [0.2, 0.25) is 0 Å². The largest absolute Gasteiger partial charge is 0.338 e. The van der Waals surface area contributed by atoms with Gasteiger partial charge in [-0.1, -0.05) is 11.6 Å². The molecule has 0 bridgehead atoms. The maximum atomic E-state index is 12.6. The first kappa shape index (κ1) is 15.5. The molecule has 8 heteroatoms. The molecule has 120 valence electrons. The maximum absolute atomic E-state index is 12.6. The number of aromatic nitrogens is 2. The average molecular weight is 335 g/mol. The zero-order chi connectivity index (χ0) is 16.4. The number of nitro benzene ring substituents is 1. The molecule has 1 amide bonds. The van der Waals surface area contributed by atoms with Gasteiger partial charge in [0.25, 0.3) is 11.6 Å². The number of hydrogen-bond acceptors (Lipinski definition) is 4. The molecule has 1 aliphatic heterocycles. The van der Waals surface area contributed by atoms with Gasteiger partial charge < -0.3 is 4.90 Å². The van der Waals surface area contributed by atoms with Crippen molar-refractivity contribution in [1.82, 2.24) is 15.1 Å². The number of benzene rings is 1. The maximum Gasteiger partial charge on any atom is 0.287 e. The van der Waals surface area contributed by atoms with Crippen molar-refractivity contribution in [3.8, 4) is 0 Å². The Balaban J connectivity index is 1.77. The summed E-state index contributed by atoms with van der Waals surface area (Å²) in [5, 5.41) is 17.5. The van der Waals surface area contributed by atoms with Crippen molar-refractivity contribution in [2.45, 2.75) is 18.8 Å². The van der Waals surface area contributed by atoms with Crippen LogP contribution in [-0.4, -0.2) is 39.0 Å². The van der Waals surface area contributed by atoms with Gasteiger partial charge in [-0.2, -0.15) is 5.10 Å². The Kier molecular flexibility index (Phi) is 4.29. The van der Waals surface area contributed by atoms with Crippen LogP contribution >= 0.6 is 11.6 Å². The summed E-state index contributed by atoms with van der Waals surface area (Å²) in [6.07, 6.45) is 5.54. The lowest BCUT2D eigenvalue weighted by molar-refractivity contribution is -0.384. The summed E-state index contributed by atoms with van der Waals surface area (Å²) in [7, 11) is 0. The lowest BCUT2D eigenvalue weighted by Gasteiger charge is -2.32. The first-order valence-electron chi connectivity index (χ1n) is 7.28. The van der Waals surface area contributed by atoms with Crippen LogP contribution in [0.1, 0.15) is 34.7 Å². The fourth-order valence-electron chi connectivity index (χ4n) is 2.89. The number of likely N-dealkylation sites (tertiary alicyclic amines) is 1. The zero-order valence-electron chi connectivity index (χ0n) is 12.2. The van der Waals surface area contributed by atoms with Crippen LogP contribution in [-0.2, 0) is 0 Å². The predicted molar refractivity (Wildman–Crippen MR) is 84.6 cm³/mol. The van der Waals surface area contributed by atoms with Crippen molar-refractivity contribution in [2.75, 3.05) is 13.1 Å². The number of hydrogen-bond donors (Lipinski definition) is 1. The van der Waals surface area contributed by atoms with E-state index in [4.69, 9.17) is 11.6 Å². The van der Waals surface area contributed by atoms with Crippen LogP contribution in [0.5, 0.6) is 0 Å². The van der Waals surface area contributed by atoms with Crippen molar-refractivity contribution in [3.63, 3.8) is 0 Å². The lowest BCUT2D eigenvalue weighted by Crippen LogP contribution is -2.39. The van der Waals surface area contributed by atoms with E-state index in [0.29, 0.717) is 18.7 Å². The van der Waals surface area contributed by atoms with Crippen molar-refractivity contribution in [3.05, 3.63) is 56.9 Å². The molecular weight excluding hydrogens is 320 g/mol. The SMILES string of the molecule is O=C(c1ccc([N+](=O)[O-])c(Cl)c1)N1CCCC(c2cn[nH]c2)C1. The third-order valence-electron chi connectivity index (χ3n) is 4.09. The summed E-state index contributed by atoms with van der Waals surface area (Å²) in [6.45, 7) is 1.27. The van der Waals surface area contributed by atoms with Gasteiger partial charge in [-0.25, -0.2) is 0 Å². The second-order valence-electron chi connectivity index (χ2n) is 5.55. The summed E-state index contributed by atoms with van der Waals surface area (Å²) in [5.41, 5.74) is 1.26. The van der Waals surface area contributed by atoms with E-state index in [-0.39, 0.29) is 22.5 Å². The van der Waals surface area contributed by atoms with Gasteiger partial charge in [0, 0.05) is 36.8 Å². The van der Waals surface area contributed by atoms with Crippen LogP contribution in [0, 0.1) is 10.1 Å². The van der Waals surface area contributed by atoms with E-state index in [2.05, 4.69) is 10.2 Å². The van der Waals surface area contributed by atoms with E-state index in [1.165, 1.54) is 18.2 Å². The molecule has 1 atom stereocenters. The molecule has 0 spiro atoms. The minimum atomic E-state index is -0.563. The highest BCUT2D eigenvalue weighted by molar-refractivity contribution is 6.33. The monoisotopic (exact) mass is 334 g/mol. The summed E-state index contributed by atoms with van der Waals surface area (Å²) >= 11 is 5.89. The topological polar surface area (TPSA) is 92.1 Å². The summed E-state index contributed by atoms with van der Waals surface area (Å²) in [6, 6.07) is 4.09. The first-order valence-corrected chi connectivity index (χ1v) is 7.66. The van der Waals surface area contributed by atoms with Gasteiger partial charge in [-0.05, 0) is 30.5 Å². The summed E-state index contributed by atoms with van der Waals surface area (Å²) in [4.78, 5) is 24.6. The average Bonchev–Trinajstić information content (AvgIpc) is 3.08. The third kappa shape index (κ3) is 3.19. The molecule has 1 aromatic carbocycles. The van der Waals surface area contributed by atoms with Gasteiger partial charge >= 0.3 is 0 Å². The molecule has 1 fully saturated rings. The van der Waals surface area contributed by atoms with Crippen LogP contribution in [0.4, 0.5) is 5.69 Å². The third-order valence-corrected chi connectivity index (χ3v) is 4.39. The Hall–Kier alpha value is -2.41. The molecule has 3 rings (SSSR count). The number of carbonyl (C=O) groups is 1. The highest BCUT2D eigenvalue weighted by Crippen LogP contribution is 2.29. The van der Waals surface area contributed by atoms with Gasteiger partial charge in [0.15, 0.2) is 0 Å². The van der Waals surface area contributed by atoms with Crippen LogP contribution in [0.25, 0.3) is 0 Å². The van der Waals surface area contributed by atoms with Crippen molar-refractivity contribution in [2.24, 2.45) is 0 Å². The van der Waals surface area contributed by atoms with Crippen LogP contribution in [0.2, 0.25) is 5.02 Å². The van der Waals surface area contributed by atoms with E-state index in [9.17, 15) is 14.9 Å². The molecule has 1 aromatic heterocycles. The second-order valence-corrected chi connectivity index (χ2v) is 5.95. The van der Waals surface area contributed by atoms with E-state index >= 15 is 0 Å². The number of aromatic amines is 1. The first-order chi connectivity index (χ1) is 11.1. The molecule has 23 heavy (non-hydrogen) atoms. The van der Waals surface area contributed by atoms with Crippen molar-refractivity contribution < 1.29 is 9.72 Å². The van der Waals surface area contributed by atoms with Gasteiger partial charge in [0.05, 0.1) is 11.1 Å². The van der Waals surface area contributed by atoms with Crippen LogP contribution in [0.15, 0.2) is 30.6 Å². The van der Waals surface area contributed by atoms with Crippen molar-refractivity contribution >= 4 is 23.2 Å². The molecule has 2 aromatic rings. The number of piperidine rings is 1. The Labute approximate surface area is 137 Å². The molecule has 1 unspecified atom stereocenters. The predicted octanol–water partition coefficient (Wildman–Crippen LogP) is 2.99. The summed E-state index contributed by atoms with van der Waals surface area (Å²) in [5.74, 6) is 0.0926. The standard InChI is InChI=1S/C15H15ClN4O3/c16-13-6-10(3-4-14(13)20(22)23)15(21)19-5-1-2-11(9-19)12-7-17-18-8-12/h3-4,6-8,11H,1-2,5,9H2,(H,17,18). The van der Waals surface area contributed by atoms with Crippen LogP contribution in [0.3, 0.4) is 0 Å². The Bertz CT molecular complexity index is 732. The molecule has 0 radical (unpaired) electrons. The fraction of sp³-hybridized carbons (Fsp3) is 0.333. The fourth-order valence-corrected chi connectivity index (χ4v) is 3.14. The molecule has 1 N–H and O–H groups in total. The number of H-pyrrole nitrogens is 1. The highest BCUT2D eigenvalue weighted by Gasteiger charge is 2.27. The van der Waals surface area contributed by atoms with Gasteiger partial charge in [-0.3, -0.25) is 20.0 Å². The summed E-state index contributed by atoms with van der Waals surface area (Å²) < 4.78 is 0. The quantitative estimate of drug-likeness (QED) is 0.689. The van der Waals surface area contributed by atoms with Crippen LogP contribution < -0.4 is 0 Å². The molecule has 1 aliphatic rings. The number of nitrogens with one attached hydrogen (secondary N) is 1. The number of halogens is 1. The molecular formula is C15H15ClN4O3. The number of amides is 1. The molecule has 0 saturated carbocycles. The molecule has 0 aliphatic carbocycles. The number of nitrogens with zero attached hydrogens (tertiary/aromatic N) is 3. The smallest absolute Gasteiger partial charge is 0.287 e. The normalized spacial score (nSPS) is 18.0. The second kappa shape index (κ2) is 6.37. The Morgan fingerprint density at radius 3 is 2.96 bits per heavy atom. The number of nitro groups is 1. The van der Waals surface area contributed by atoms with E-state index in [1.54, 1.807) is 11.1 Å². The minimum Gasteiger partial charge on any atom is -0.338 e. The van der Waals surface area contributed by atoms with E-state index in [0.717, 1.165) is 18.4 Å². The van der Waals surface area contributed by atoms with Crippen molar-refractivity contribution in [1.29, 1.82) is 0 Å². The highest BCUT2D eigenvalue weighted by atomic mass is 35.5. The van der Waals surface area contributed by atoms with Gasteiger partial charge in [-0.15, -0.1) is 0 Å². The molecule has 1 saturated heterocycles. The van der Waals surface area contributed by atoms with E-state index < -0.39 is 4.92 Å².